The number of hydrogen-bond donors (Lipinski definition) is 0. The van der Waals surface area contributed by atoms with Crippen molar-refractivity contribution in [3.8, 4) is 11.5 Å². The summed E-state index contributed by atoms with van der Waals surface area (Å²) in [6.07, 6.45) is 0. The summed E-state index contributed by atoms with van der Waals surface area (Å²) in [5.74, 6) is 0.00989. The van der Waals surface area contributed by atoms with Crippen LogP contribution in [0.1, 0.15) is 22.8 Å². The van der Waals surface area contributed by atoms with Crippen molar-refractivity contribution in [2.24, 2.45) is 0 Å². The molecule has 0 atom stereocenters. The Labute approximate surface area is 179 Å². The molecule has 0 bridgehead atoms. The minimum absolute atomic E-state index is 0.0265. The smallest absolute Gasteiger partial charge is 0.321 e. The standard InChI is InChI=1S/C20H20ClNO7S/c1-13(23)15-3-5-16(6-4-15)30(25,26)22(2)11-19(24)29-12-14-9-17(21)20-18(10-14)27-7-8-28-20/h3-6,9-10H,7-8,11-12H2,1-2H3. The van der Waals surface area contributed by atoms with Gasteiger partial charge in [0.25, 0.3) is 0 Å². The Morgan fingerprint density at radius 1 is 1.13 bits per heavy atom. The number of carbonyl (C=O) groups is 2. The van der Waals surface area contributed by atoms with Crippen LogP contribution in [0.3, 0.4) is 0 Å². The van der Waals surface area contributed by atoms with Crippen molar-refractivity contribution < 1.29 is 32.2 Å². The number of halogens is 1. The lowest BCUT2D eigenvalue weighted by Gasteiger charge is -2.20. The highest BCUT2D eigenvalue weighted by molar-refractivity contribution is 7.89. The molecule has 1 aliphatic rings. The maximum absolute atomic E-state index is 12.6. The number of sulfonamides is 1. The molecule has 3 rings (SSSR count). The van der Waals surface area contributed by atoms with Gasteiger partial charge in [0.05, 0.1) is 9.92 Å². The lowest BCUT2D eigenvalue weighted by Crippen LogP contribution is -2.33. The molecule has 0 unspecified atom stereocenters. The third kappa shape index (κ3) is 4.92. The molecule has 0 saturated heterocycles. The second-order valence-electron chi connectivity index (χ2n) is 6.60. The van der Waals surface area contributed by atoms with E-state index in [-0.39, 0.29) is 17.3 Å². The van der Waals surface area contributed by atoms with Crippen molar-refractivity contribution in [1.82, 2.24) is 4.31 Å². The molecule has 0 saturated carbocycles. The molecule has 0 fully saturated rings. The molecular formula is C20H20ClNO7S. The third-order valence-electron chi connectivity index (χ3n) is 4.38. The summed E-state index contributed by atoms with van der Waals surface area (Å²) in [7, 11) is -2.64. The molecule has 30 heavy (non-hydrogen) atoms. The predicted octanol–water partition coefficient (Wildman–Crippen LogP) is 2.68. The highest BCUT2D eigenvalue weighted by Crippen LogP contribution is 2.38. The van der Waals surface area contributed by atoms with Gasteiger partial charge in [0, 0.05) is 12.6 Å². The minimum Gasteiger partial charge on any atom is -0.486 e. The molecule has 2 aromatic rings. The molecule has 0 radical (unpaired) electrons. The van der Waals surface area contributed by atoms with Crippen molar-refractivity contribution >= 4 is 33.4 Å². The fourth-order valence-corrected chi connectivity index (χ4v) is 4.17. The number of fused-ring (bicyclic) bond motifs is 1. The van der Waals surface area contributed by atoms with Crippen LogP contribution >= 0.6 is 11.6 Å². The highest BCUT2D eigenvalue weighted by atomic mass is 35.5. The van der Waals surface area contributed by atoms with Gasteiger partial charge in [-0.15, -0.1) is 0 Å². The first-order chi connectivity index (χ1) is 14.2. The number of benzene rings is 2. The number of hydrogen-bond acceptors (Lipinski definition) is 7. The first kappa shape index (κ1) is 22.1. The first-order valence-electron chi connectivity index (χ1n) is 8.99. The quantitative estimate of drug-likeness (QED) is 0.469. The number of Topliss-reactive ketones (excluding diaryl/α,β-unsaturated/α-hetero) is 1. The summed E-state index contributed by atoms with van der Waals surface area (Å²) >= 11 is 6.15. The summed E-state index contributed by atoms with van der Waals surface area (Å²) in [5.41, 5.74) is 0.983. The van der Waals surface area contributed by atoms with E-state index in [2.05, 4.69) is 0 Å². The van der Waals surface area contributed by atoms with Gasteiger partial charge >= 0.3 is 5.97 Å². The first-order valence-corrected chi connectivity index (χ1v) is 10.8. The van der Waals surface area contributed by atoms with Crippen LogP contribution in [-0.4, -0.2) is 51.3 Å². The van der Waals surface area contributed by atoms with E-state index in [4.69, 9.17) is 25.8 Å². The lowest BCUT2D eigenvalue weighted by molar-refractivity contribution is -0.144. The SMILES string of the molecule is CC(=O)c1ccc(S(=O)(=O)N(C)CC(=O)OCc2cc(Cl)c3c(c2)OCCO3)cc1. The van der Waals surface area contributed by atoms with Crippen LogP contribution in [0.5, 0.6) is 11.5 Å². The van der Waals surface area contributed by atoms with E-state index in [9.17, 15) is 18.0 Å². The second kappa shape index (κ2) is 9.03. The predicted molar refractivity (Wildman–Crippen MR) is 109 cm³/mol. The van der Waals surface area contributed by atoms with Crippen molar-refractivity contribution in [2.75, 3.05) is 26.8 Å². The van der Waals surface area contributed by atoms with Crippen LogP contribution in [0.25, 0.3) is 0 Å². The fraction of sp³-hybridized carbons (Fsp3) is 0.300. The van der Waals surface area contributed by atoms with Crippen LogP contribution in [0.2, 0.25) is 5.02 Å². The average Bonchev–Trinajstić information content (AvgIpc) is 2.72. The van der Waals surface area contributed by atoms with Gasteiger partial charge in [-0.05, 0) is 36.8 Å². The summed E-state index contributed by atoms with van der Waals surface area (Å²) in [6.45, 7) is 1.61. The van der Waals surface area contributed by atoms with Crippen molar-refractivity contribution in [1.29, 1.82) is 0 Å². The molecule has 1 heterocycles. The molecule has 0 spiro atoms. The van der Waals surface area contributed by atoms with E-state index >= 15 is 0 Å². The Morgan fingerprint density at radius 2 is 1.80 bits per heavy atom. The van der Waals surface area contributed by atoms with E-state index in [1.807, 2.05) is 0 Å². The Morgan fingerprint density at radius 3 is 2.47 bits per heavy atom. The Kier molecular flexibility index (Phi) is 6.64. The van der Waals surface area contributed by atoms with Crippen LogP contribution in [0.15, 0.2) is 41.3 Å². The molecule has 0 aromatic heterocycles. The summed E-state index contributed by atoms with van der Waals surface area (Å²) in [6, 6.07) is 8.75. The molecule has 160 valence electrons. The molecule has 1 aliphatic heterocycles. The maximum Gasteiger partial charge on any atom is 0.321 e. The zero-order chi connectivity index (χ0) is 21.9. The van der Waals surface area contributed by atoms with Crippen molar-refractivity contribution in [3.63, 3.8) is 0 Å². The average molecular weight is 454 g/mol. The normalized spacial score (nSPS) is 13.2. The van der Waals surface area contributed by atoms with Gasteiger partial charge in [-0.3, -0.25) is 9.59 Å². The van der Waals surface area contributed by atoms with Gasteiger partial charge in [-0.2, -0.15) is 4.31 Å². The number of esters is 1. The molecular weight excluding hydrogens is 434 g/mol. The van der Waals surface area contributed by atoms with Gasteiger partial charge < -0.3 is 14.2 Å². The Balaban J connectivity index is 1.61. The van der Waals surface area contributed by atoms with E-state index in [1.54, 1.807) is 12.1 Å². The third-order valence-corrected chi connectivity index (χ3v) is 6.48. The summed E-state index contributed by atoms with van der Waals surface area (Å²) in [4.78, 5) is 23.5. The lowest BCUT2D eigenvalue weighted by atomic mass is 10.2. The highest BCUT2D eigenvalue weighted by Gasteiger charge is 2.24. The summed E-state index contributed by atoms with van der Waals surface area (Å²) < 4.78 is 42.2. The van der Waals surface area contributed by atoms with Gasteiger partial charge in [0.15, 0.2) is 17.3 Å². The molecule has 10 heteroatoms. The van der Waals surface area contributed by atoms with E-state index in [0.717, 1.165) is 4.31 Å². The molecule has 8 nitrogen and oxygen atoms in total. The molecule has 0 amide bonds. The molecule has 2 aromatic carbocycles. The number of likely N-dealkylation sites (N-methyl/N-ethyl adjacent to an activating group) is 1. The number of ether oxygens (including phenoxy) is 3. The molecule has 0 aliphatic carbocycles. The van der Waals surface area contributed by atoms with Crippen LogP contribution < -0.4 is 9.47 Å². The van der Waals surface area contributed by atoms with Crippen LogP contribution in [-0.2, 0) is 26.2 Å². The van der Waals surface area contributed by atoms with E-state index in [1.165, 1.54) is 38.2 Å². The van der Waals surface area contributed by atoms with Crippen molar-refractivity contribution in [2.45, 2.75) is 18.4 Å². The van der Waals surface area contributed by atoms with Crippen LogP contribution in [0, 0.1) is 0 Å². The fourth-order valence-electron chi connectivity index (χ4n) is 2.77. The topological polar surface area (TPSA) is 99.2 Å². The maximum atomic E-state index is 12.6. The minimum atomic E-state index is -3.91. The van der Waals surface area contributed by atoms with Crippen LogP contribution in [0.4, 0.5) is 0 Å². The van der Waals surface area contributed by atoms with Gasteiger partial charge in [-0.25, -0.2) is 8.42 Å². The number of ketones is 1. The zero-order valence-electron chi connectivity index (χ0n) is 16.4. The van der Waals surface area contributed by atoms with Gasteiger partial charge in [-0.1, -0.05) is 23.7 Å². The largest absolute Gasteiger partial charge is 0.486 e. The van der Waals surface area contributed by atoms with Crippen molar-refractivity contribution in [3.05, 3.63) is 52.5 Å². The number of rotatable bonds is 7. The second-order valence-corrected chi connectivity index (χ2v) is 9.06. The molecule has 0 N–H and O–H groups in total. The zero-order valence-corrected chi connectivity index (χ0v) is 18.0. The number of nitrogens with zero attached hydrogens (tertiary/aromatic N) is 1. The van der Waals surface area contributed by atoms with Gasteiger partial charge in [0.2, 0.25) is 10.0 Å². The van der Waals surface area contributed by atoms with E-state index < -0.39 is 22.5 Å². The van der Waals surface area contributed by atoms with E-state index in [0.29, 0.717) is 40.9 Å². The Bertz CT molecular complexity index is 1070. The van der Waals surface area contributed by atoms with Gasteiger partial charge in [0.1, 0.15) is 26.4 Å². The monoisotopic (exact) mass is 453 g/mol. The Hall–Kier alpha value is -2.62. The summed E-state index contributed by atoms with van der Waals surface area (Å²) in [5, 5.41) is 0.340. The number of carbonyl (C=O) groups excluding carboxylic acids is 2.